The molecule has 4 aromatic carbocycles. The normalized spacial score (nSPS) is 30.9. The second-order valence-electron chi connectivity index (χ2n) is 21.4. The average molecular weight is 857 g/mol. The number of para-hydroxylation sites is 2. The fourth-order valence-electron chi connectivity index (χ4n) is 14.6. The minimum atomic E-state index is -0.573. The molecule has 0 radical (unpaired) electrons. The van der Waals surface area contributed by atoms with Gasteiger partial charge in [0.1, 0.15) is 0 Å². The van der Waals surface area contributed by atoms with Crippen molar-refractivity contribution in [2.75, 3.05) is 0 Å². The SMILES string of the molecule is CC(C)(C)c1cc(CP(C23CC4CC(CC(C4)C2)C3)C23CC4CC(CC(C4)C2)C3)c(C(P)(c2ccc3ccccc3n2)c2ccc3ccccc3n2)[cH-]1.[Fe+2].c1cc[cH-]c1. The zero-order valence-electron chi connectivity index (χ0n) is 35.4. The molecule has 59 heavy (non-hydrogen) atoms. The maximum Gasteiger partial charge on any atom is 2.00 e. The molecule has 0 amide bonds. The van der Waals surface area contributed by atoms with Gasteiger partial charge in [-0.3, -0.25) is 9.97 Å². The van der Waals surface area contributed by atoms with E-state index in [0.717, 1.165) is 57.9 Å². The van der Waals surface area contributed by atoms with Crippen molar-refractivity contribution in [3.05, 3.63) is 143 Å². The van der Waals surface area contributed by atoms with E-state index in [2.05, 4.69) is 115 Å². The number of pyridine rings is 2. The van der Waals surface area contributed by atoms with Crippen molar-refractivity contribution >= 4 is 39.0 Å². The van der Waals surface area contributed by atoms with Crippen molar-refractivity contribution in [2.45, 2.75) is 125 Å². The Labute approximate surface area is 367 Å². The minimum Gasteiger partial charge on any atom is -0.251 e. The summed E-state index contributed by atoms with van der Waals surface area (Å²) in [6.45, 7) is 7.26. The van der Waals surface area contributed by atoms with Gasteiger partial charge in [0.05, 0.1) is 27.6 Å². The summed E-state index contributed by atoms with van der Waals surface area (Å²) in [4.78, 5) is 11.1. The van der Waals surface area contributed by atoms with Gasteiger partial charge in [0.2, 0.25) is 0 Å². The molecule has 1 unspecified atom stereocenters. The van der Waals surface area contributed by atoms with E-state index in [0.29, 0.717) is 10.3 Å². The van der Waals surface area contributed by atoms with Crippen molar-refractivity contribution < 1.29 is 17.1 Å². The van der Waals surface area contributed by atoms with Crippen LogP contribution in [-0.2, 0) is 33.8 Å². The summed E-state index contributed by atoms with van der Waals surface area (Å²) in [7, 11) is 3.21. The number of hydrogen-bond acceptors (Lipinski definition) is 2. The van der Waals surface area contributed by atoms with Gasteiger partial charge in [-0.15, -0.1) is 22.7 Å². The predicted octanol–water partition coefficient (Wildman–Crippen LogP) is 14.3. The molecule has 2 nitrogen and oxygen atoms in total. The molecule has 8 bridgehead atoms. The number of rotatable bonds is 7. The Morgan fingerprint density at radius 2 is 1.03 bits per heavy atom. The van der Waals surface area contributed by atoms with E-state index in [1.165, 1.54) is 66.6 Å². The molecule has 0 aliphatic heterocycles. The summed E-state index contributed by atoms with van der Waals surface area (Å²) in [6, 6.07) is 41.8. The van der Waals surface area contributed by atoms with Crippen molar-refractivity contribution in [1.82, 2.24) is 9.97 Å². The van der Waals surface area contributed by atoms with Crippen LogP contribution < -0.4 is 0 Å². The second-order valence-corrected chi connectivity index (χ2v) is 25.3. The van der Waals surface area contributed by atoms with E-state index in [9.17, 15) is 0 Å². The number of benzene rings is 2. The van der Waals surface area contributed by atoms with Gasteiger partial charge in [0, 0.05) is 10.8 Å². The van der Waals surface area contributed by atoms with Crippen LogP contribution in [0.1, 0.15) is 126 Å². The molecular weight excluding hydrogens is 794 g/mol. The predicted molar refractivity (Wildman–Crippen MR) is 248 cm³/mol. The topological polar surface area (TPSA) is 25.8 Å². The third kappa shape index (κ3) is 7.16. The number of fused-ring (bicyclic) bond motifs is 2. The maximum atomic E-state index is 5.53. The van der Waals surface area contributed by atoms with E-state index in [1.54, 1.807) is 44.1 Å². The van der Waals surface area contributed by atoms with E-state index in [-0.39, 0.29) is 30.4 Å². The molecule has 2 aromatic heterocycles. The summed E-state index contributed by atoms with van der Waals surface area (Å²) >= 11 is 0. The molecule has 8 aliphatic carbocycles. The van der Waals surface area contributed by atoms with E-state index in [4.69, 9.17) is 9.97 Å². The summed E-state index contributed by atoms with van der Waals surface area (Å²) in [5.74, 6) is 5.97. The molecule has 306 valence electrons. The molecule has 14 rings (SSSR count). The molecule has 0 saturated heterocycles. The van der Waals surface area contributed by atoms with Gasteiger partial charge in [-0.25, -0.2) is 18.2 Å². The molecule has 5 heteroatoms. The summed E-state index contributed by atoms with van der Waals surface area (Å²) in [5.41, 5.74) is 8.89. The first-order chi connectivity index (χ1) is 28.1. The molecule has 8 fully saturated rings. The average Bonchev–Trinajstić information content (AvgIpc) is 3.93. The van der Waals surface area contributed by atoms with Gasteiger partial charge in [-0.2, -0.15) is 35.4 Å². The van der Waals surface area contributed by atoms with E-state index in [1.807, 2.05) is 30.3 Å². The first-order valence-electron chi connectivity index (χ1n) is 22.8. The molecule has 6 aromatic rings. The third-order valence-electron chi connectivity index (χ3n) is 16.3. The summed E-state index contributed by atoms with van der Waals surface area (Å²) in [5, 5.41) is 2.98. The van der Waals surface area contributed by atoms with Gasteiger partial charge in [-0.1, -0.05) is 75.5 Å². The van der Waals surface area contributed by atoms with Gasteiger partial charge >= 0.3 is 17.1 Å². The van der Waals surface area contributed by atoms with Crippen LogP contribution in [0.15, 0.2) is 115 Å². The number of hydrogen-bond donors (Lipinski definition) is 0. The van der Waals surface area contributed by atoms with Crippen molar-refractivity contribution in [3.8, 4) is 0 Å². The molecule has 0 spiro atoms. The smallest absolute Gasteiger partial charge is 0.251 e. The fourth-order valence-corrected chi connectivity index (χ4v) is 20.3. The Bertz CT molecular complexity index is 2220. The Kier molecular flexibility index (Phi) is 10.5. The van der Waals surface area contributed by atoms with Crippen LogP contribution in [0.5, 0.6) is 0 Å². The Morgan fingerprint density at radius 3 is 1.42 bits per heavy atom. The van der Waals surface area contributed by atoms with E-state index < -0.39 is 5.16 Å². The molecule has 8 saturated carbocycles. The maximum absolute atomic E-state index is 5.53. The van der Waals surface area contributed by atoms with Crippen LogP contribution in [-0.4, -0.2) is 20.3 Å². The van der Waals surface area contributed by atoms with Gasteiger partial charge in [0.25, 0.3) is 0 Å². The first kappa shape index (κ1) is 40.4. The van der Waals surface area contributed by atoms with Gasteiger partial charge in [-0.05, 0) is 153 Å². The largest absolute Gasteiger partial charge is 2.00 e. The van der Waals surface area contributed by atoms with Gasteiger partial charge in [0.15, 0.2) is 0 Å². The van der Waals surface area contributed by atoms with Crippen LogP contribution in [0.4, 0.5) is 0 Å². The zero-order valence-corrected chi connectivity index (χ0v) is 38.6. The van der Waals surface area contributed by atoms with Crippen molar-refractivity contribution in [3.63, 3.8) is 0 Å². The first-order valence-corrected chi connectivity index (χ1v) is 24.9. The van der Waals surface area contributed by atoms with Crippen LogP contribution in [0.2, 0.25) is 0 Å². The summed E-state index contributed by atoms with van der Waals surface area (Å²) < 4.78 is 0. The van der Waals surface area contributed by atoms with Crippen LogP contribution in [0, 0.1) is 35.5 Å². The zero-order chi connectivity index (χ0) is 39.3. The van der Waals surface area contributed by atoms with E-state index >= 15 is 0 Å². The molecule has 0 N–H and O–H groups in total. The second kappa shape index (κ2) is 15.3. The number of aromatic nitrogens is 2. The van der Waals surface area contributed by atoms with Crippen LogP contribution in [0.25, 0.3) is 21.8 Å². The Balaban J connectivity index is 0.000000655. The monoisotopic (exact) mass is 856 g/mol. The number of nitrogens with zero attached hydrogens (tertiary/aromatic N) is 2. The van der Waals surface area contributed by atoms with Crippen LogP contribution >= 0.6 is 17.2 Å². The standard InChI is InChI=1S/C49H57N2P2.C5H5.Fe/c1-46(2,3)40-22-39(30-53(47-24-31-16-32(25-47)18-33(17-31)26-47)48-27-34-19-35(28-48)21-36(20-34)29-48)41(23-40)49(52,44-14-12-37-8-4-6-10-42(37)50-44)45-15-13-38-9-5-7-11-43(38)51-45;1-2-4-5-3-1;/h4-15,22-23,31-36H,16-21,24-30,52H2,1-3H3;1-5H;/q2*-1;+2. The Morgan fingerprint density at radius 1 is 0.610 bits per heavy atom. The van der Waals surface area contributed by atoms with Gasteiger partial charge < -0.3 is 0 Å². The van der Waals surface area contributed by atoms with Crippen molar-refractivity contribution in [1.29, 1.82) is 0 Å². The third-order valence-corrected chi connectivity index (χ3v) is 21.3. The Hall–Kier alpha value is -2.66. The van der Waals surface area contributed by atoms with Crippen molar-refractivity contribution in [2.24, 2.45) is 35.5 Å². The minimum absolute atomic E-state index is 0. The molecular formula is C54H62FeN2P2. The summed E-state index contributed by atoms with van der Waals surface area (Å²) in [6.07, 6.45) is 19.8. The molecule has 8 aliphatic rings. The fraction of sp³-hybridized carbons (Fsp3) is 0.481. The molecule has 2 heterocycles. The quantitative estimate of drug-likeness (QED) is 0.0908. The molecule has 1 atom stereocenters. The van der Waals surface area contributed by atoms with Crippen LogP contribution in [0.3, 0.4) is 0 Å².